The van der Waals surface area contributed by atoms with Crippen LogP contribution in [0, 0.1) is 0 Å². The molecule has 1 aliphatic heterocycles. The van der Waals surface area contributed by atoms with Gasteiger partial charge in [-0.15, -0.1) is 10.3 Å². The predicted molar refractivity (Wildman–Crippen MR) is 69.5 cm³/mol. The summed E-state index contributed by atoms with van der Waals surface area (Å²) in [6.07, 6.45) is 4.55. The van der Waals surface area contributed by atoms with Crippen LogP contribution in [0.3, 0.4) is 0 Å². The first-order chi connectivity index (χ1) is 8.20. The number of rotatable bonds is 1. The summed E-state index contributed by atoms with van der Waals surface area (Å²) >= 11 is 3.41. The maximum Gasteiger partial charge on any atom is 0.261 e. The van der Waals surface area contributed by atoms with Crippen molar-refractivity contribution in [2.75, 3.05) is 0 Å². The Morgan fingerprint density at radius 3 is 2.28 bits per heavy atom. The molecule has 6 heteroatoms. The summed E-state index contributed by atoms with van der Waals surface area (Å²) in [5, 5.41) is 13.3. The number of hydrogen-bond acceptors (Lipinski definition) is 3. The molecule has 0 fully saturated rings. The first-order valence-electron chi connectivity index (χ1n) is 5.61. The van der Waals surface area contributed by atoms with E-state index in [9.17, 15) is 10.0 Å². The van der Waals surface area contributed by atoms with Crippen molar-refractivity contribution in [2.45, 2.75) is 38.8 Å². The van der Waals surface area contributed by atoms with Gasteiger partial charge in [-0.25, -0.2) is 4.98 Å². The van der Waals surface area contributed by atoms with Crippen LogP contribution < -0.4 is 0 Å². The first kappa shape index (κ1) is 13.5. The minimum absolute atomic E-state index is 0.226. The normalized spacial score (nSPS) is 22.6. The third kappa shape index (κ3) is 1.67. The predicted octanol–water partition coefficient (Wildman–Crippen LogP) is 2.39. The number of aromatic nitrogens is 2. The topological polar surface area (TPSA) is 58.0 Å². The van der Waals surface area contributed by atoms with Crippen LogP contribution in [0.4, 0.5) is 0 Å². The van der Waals surface area contributed by atoms with Crippen molar-refractivity contribution < 1.29 is 10.0 Å². The maximum absolute atomic E-state index is 12.4. The third-order valence-corrected chi connectivity index (χ3v) is 4.70. The van der Waals surface area contributed by atoms with E-state index in [-0.39, 0.29) is 5.91 Å². The lowest BCUT2D eigenvalue weighted by atomic mass is 9.96. The van der Waals surface area contributed by atoms with Gasteiger partial charge in [0.25, 0.3) is 5.91 Å². The SMILES string of the molecule is CC1(C)C(Br)=C(C(=O)n2ccnc2)C(C)(C)N1[O]. The van der Waals surface area contributed by atoms with Crippen LogP contribution in [-0.2, 0) is 5.21 Å². The van der Waals surface area contributed by atoms with Crippen LogP contribution in [0.1, 0.15) is 32.5 Å². The lowest BCUT2D eigenvalue weighted by Gasteiger charge is -2.33. The zero-order chi connectivity index (χ0) is 13.7. The van der Waals surface area contributed by atoms with Gasteiger partial charge in [0.2, 0.25) is 0 Å². The Morgan fingerprint density at radius 2 is 1.89 bits per heavy atom. The van der Waals surface area contributed by atoms with Crippen molar-refractivity contribution in [1.82, 2.24) is 14.6 Å². The number of carbonyl (C=O) groups is 1. The minimum atomic E-state index is -0.871. The van der Waals surface area contributed by atoms with Crippen LogP contribution in [-0.4, -0.2) is 31.6 Å². The van der Waals surface area contributed by atoms with Crippen molar-refractivity contribution in [2.24, 2.45) is 0 Å². The molecule has 1 aliphatic rings. The number of carbonyl (C=O) groups excluding carboxylic acids is 1. The standard InChI is InChI=1S/C12H15BrN3O2/c1-11(2)8(9(13)12(3,4)16(11)18)10(17)15-6-5-14-7-15/h5-7H,1-4H3. The van der Waals surface area contributed by atoms with Crippen LogP contribution in [0.5, 0.6) is 0 Å². The molecular formula is C12H15BrN3O2. The van der Waals surface area contributed by atoms with Crippen molar-refractivity contribution in [3.05, 3.63) is 28.8 Å². The molecule has 18 heavy (non-hydrogen) atoms. The van der Waals surface area contributed by atoms with E-state index in [1.165, 1.54) is 17.1 Å². The quantitative estimate of drug-likeness (QED) is 0.800. The molecule has 0 saturated carbocycles. The molecule has 0 aliphatic carbocycles. The summed E-state index contributed by atoms with van der Waals surface area (Å²) in [5.41, 5.74) is -1.14. The number of halogens is 1. The zero-order valence-electron chi connectivity index (χ0n) is 10.8. The fourth-order valence-corrected chi connectivity index (χ4v) is 3.14. The maximum atomic E-state index is 12.4. The summed E-state index contributed by atoms with van der Waals surface area (Å²) in [5.74, 6) is -0.226. The van der Waals surface area contributed by atoms with Crippen molar-refractivity contribution in [1.29, 1.82) is 0 Å². The molecule has 97 valence electrons. The smallest absolute Gasteiger partial charge is 0.261 e. The Hall–Kier alpha value is -0.980. The minimum Gasteiger partial charge on any atom is -0.272 e. The highest BCUT2D eigenvalue weighted by atomic mass is 79.9. The summed E-state index contributed by atoms with van der Waals surface area (Å²) < 4.78 is 2.02. The third-order valence-electron chi connectivity index (χ3n) is 3.34. The van der Waals surface area contributed by atoms with Gasteiger partial charge in [0, 0.05) is 16.9 Å². The van der Waals surface area contributed by atoms with Crippen molar-refractivity contribution >= 4 is 21.8 Å². The van der Waals surface area contributed by atoms with E-state index in [2.05, 4.69) is 20.9 Å². The average molecular weight is 313 g/mol. The molecule has 0 amide bonds. The Bertz CT molecular complexity index is 517. The van der Waals surface area contributed by atoms with E-state index in [0.717, 1.165) is 5.06 Å². The summed E-state index contributed by atoms with van der Waals surface area (Å²) in [6.45, 7) is 7.08. The molecule has 0 N–H and O–H groups in total. The lowest BCUT2D eigenvalue weighted by Crippen LogP contribution is -2.48. The Kier molecular flexibility index (Phi) is 3.00. The number of hydrogen-bond donors (Lipinski definition) is 0. The van der Waals surface area contributed by atoms with Crippen LogP contribution >= 0.6 is 15.9 Å². The fourth-order valence-electron chi connectivity index (χ4n) is 2.33. The molecule has 1 aromatic rings. The van der Waals surface area contributed by atoms with Crippen LogP contribution in [0.2, 0.25) is 0 Å². The molecule has 2 heterocycles. The molecule has 5 nitrogen and oxygen atoms in total. The largest absolute Gasteiger partial charge is 0.272 e. The molecule has 0 unspecified atom stereocenters. The lowest BCUT2D eigenvalue weighted by molar-refractivity contribution is -0.238. The fraction of sp³-hybridized carbons (Fsp3) is 0.500. The van der Waals surface area contributed by atoms with Gasteiger partial charge >= 0.3 is 0 Å². The van der Waals surface area contributed by atoms with Gasteiger partial charge in [-0.05, 0) is 27.7 Å². The van der Waals surface area contributed by atoms with E-state index < -0.39 is 11.1 Å². The van der Waals surface area contributed by atoms with E-state index >= 15 is 0 Å². The number of nitrogens with zero attached hydrogens (tertiary/aromatic N) is 3. The average Bonchev–Trinajstić information content (AvgIpc) is 2.83. The summed E-state index contributed by atoms with van der Waals surface area (Å²) in [6, 6.07) is 0. The van der Waals surface area contributed by atoms with Crippen LogP contribution in [0.25, 0.3) is 0 Å². The van der Waals surface area contributed by atoms with Crippen molar-refractivity contribution in [3.8, 4) is 0 Å². The number of imidazole rings is 1. The van der Waals surface area contributed by atoms with Gasteiger partial charge in [0.1, 0.15) is 6.33 Å². The molecule has 0 bridgehead atoms. The molecule has 0 spiro atoms. The highest BCUT2D eigenvalue weighted by molar-refractivity contribution is 9.11. The Balaban J connectivity index is 2.55. The molecule has 0 aromatic carbocycles. The summed E-state index contributed by atoms with van der Waals surface area (Å²) in [4.78, 5) is 16.3. The number of hydroxylamine groups is 2. The molecule has 1 radical (unpaired) electrons. The first-order valence-corrected chi connectivity index (χ1v) is 6.41. The second-order valence-corrected chi connectivity index (χ2v) is 6.17. The van der Waals surface area contributed by atoms with Gasteiger partial charge in [-0.2, -0.15) is 0 Å². The zero-order valence-corrected chi connectivity index (χ0v) is 12.4. The molecule has 2 rings (SSSR count). The van der Waals surface area contributed by atoms with E-state index in [4.69, 9.17) is 0 Å². The highest BCUT2D eigenvalue weighted by Crippen LogP contribution is 2.47. The second kappa shape index (κ2) is 4.01. The van der Waals surface area contributed by atoms with Crippen molar-refractivity contribution in [3.63, 3.8) is 0 Å². The van der Waals surface area contributed by atoms with Gasteiger partial charge in [-0.3, -0.25) is 9.36 Å². The molecular weight excluding hydrogens is 298 g/mol. The molecule has 0 saturated heterocycles. The summed E-state index contributed by atoms with van der Waals surface area (Å²) in [7, 11) is 0. The van der Waals surface area contributed by atoms with E-state index in [1.54, 1.807) is 33.9 Å². The van der Waals surface area contributed by atoms with Gasteiger partial charge in [-0.1, -0.05) is 15.9 Å². The van der Waals surface area contributed by atoms with Crippen LogP contribution in [0.15, 0.2) is 28.8 Å². The molecule has 0 atom stereocenters. The Labute approximate surface area is 114 Å². The monoisotopic (exact) mass is 312 g/mol. The van der Waals surface area contributed by atoms with E-state index in [1.807, 2.05) is 0 Å². The molecule has 1 aromatic heterocycles. The second-order valence-electron chi connectivity index (χ2n) is 5.38. The highest BCUT2D eigenvalue weighted by Gasteiger charge is 2.53. The van der Waals surface area contributed by atoms with E-state index in [0.29, 0.717) is 10.1 Å². The Morgan fingerprint density at radius 1 is 1.28 bits per heavy atom. The van der Waals surface area contributed by atoms with Gasteiger partial charge in [0.05, 0.1) is 16.7 Å². The van der Waals surface area contributed by atoms with Gasteiger partial charge in [0.15, 0.2) is 0 Å². The van der Waals surface area contributed by atoms with Gasteiger partial charge < -0.3 is 0 Å².